The van der Waals surface area contributed by atoms with Gasteiger partial charge in [-0.1, -0.05) is 6.07 Å². The number of quaternary nitrogens is 1. The van der Waals surface area contributed by atoms with Crippen molar-refractivity contribution in [3.05, 3.63) is 53.6 Å². The third kappa shape index (κ3) is 5.75. The number of amides is 1. The van der Waals surface area contributed by atoms with E-state index < -0.39 is 12.1 Å². The van der Waals surface area contributed by atoms with E-state index in [4.69, 9.17) is 14.2 Å². The minimum atomic E-state index is -0.852. The number of Topliss-reactive ketones (excluding diaryl/α,β-unsaturated/α-hetero) is 1. The highest BCUT2D eigenvalue weighted by molar-refractivity contribution is 5.96. The lowest BCUT2D eigenvalue weighted by molar-refractivity contribution is -0.801. The summed E-state index contributed by atoms with van der Waals surface area (Å²) >= 11 is 0. The zero-order chi connectivity index (χ0) is 26.0. The van der Waals surface area contributed by atoms with Crippen LogP contribution in [0.25, 0.3) is 0 Å². The Bertz CT molecular complexity index is 1130. The van der Waals surface area contributed by atoms with Gasteiger partial charge in [-0.05, 0) is 62.2 Å². The number of aliphatic hydroxyl groups is 1. The Morgan fingerprint density at radius 2 is 1.78 bits per heavy atom. The van der Waals surface area contributed by atoms with Crippen LogP contribution >= 0.6 is 0 Å². The number of carbonyl (C=O) groups is 2. The Balaban J connectivity index is 1.18. The number of carbonyl (C=O) groups excluding carboxylic acids is 2. The predicted molar refractivity (Wildman–Crippen MR) is 138 cm³/mol. The molecular weight excluding hydrogens is 472 g/mol. The molecule has 8 nitrogen and oxygen atoms in total. The fraction of sp³-hybridized carbons (Fsp3) is 0.517. The Hall–Kier alpha value is -3.10. The second-order valence-electron chi connectivity index (χ2n) is 10.7. The topological polar surface area (TPSA) is 94.1 Å². The van der Waals surface area contributed by atoms with E-state index in [1.54, 1.807) is 36.4 Å². The smallest absolute Gasteiger partial charge is 0.231 e. The molecule has 0 saturated carbocycles. The van der Waals surface area contributed by atoms with Crippen molar-refractivity contribution in [2.75, 3.05) is 26.4 Å². The molecule has 3 aliphatic heterocycles. The number of nitrogens with zero attached hydrogens (tertiary/aromatic N) is 1. The molecule has 1 amide bonds. The number of ketones is 1. The van der Waals surface area contributed by atoms with Crippen molar-refractivity contribution < 1.29 is 33.4 Å². The van der Waals surface area contributed by atoms with Gasteiger partial charge in [-0.25, -0.2) is 0 Å². The highest BCUT2D eigenvalue weighted by Gasteiger charge is 2.61. The molecule has 3 heterocycles. The number of hydrogen-bond donors (Lipinski definition) is 2. The van der Waals surface area contributed by atoms with Crippen LogP contribution in [-0.2, 0) is 4.79 Å². The largest absolute Gasteiger partial charge is 0.491 e. The van der Waals surface area contributed by atoms with E-state index in [1.165, 1.54) is 12.8 Å². The molecule has 3 aliphatic rings. The van der Waals surface area contributed by atoms with Gasteiger partial charge < -0.3 is 29.1 Å². The SMILES string of the molecule is CC(C)Oc1ccc(C(=O)CCCC(=O)N[C@H](C2C[N+]23CCCC3)[C@H](O)c2ccc3c(c2)OCO3)cc1. The number of fused-ring (bicyclic) bond motifs is 1. The monoisotopic (exact) mass is 509 g/mol. The van der Waals surface area contributed by atoms with Crippen molar-refractivity contribution in [3.8, 4) is 17.2 Å². The lowest BCUT2D eigenvalue weighted by Gasteiger charge is -2.25. The molecule has 2 aromatic carbocycles. The molecule has 0 bridgehead atoms. The average Bonchev–Trinajstić information content (AvgIpc) is 3.19. The molecule has 8 heteroatoms. The summed E-state index contributed by atoms with van der Waals surface area (Å²) in [5.41, 5.74) is 1.32. The first-order valence-corrected chi connectivity index (χ1v) is 13.4. The number of ether oxygens (including phenoxy) is 3. The molecule has 0 aliphatic carbocycles. The van der Waals surface area contributed by atoms with Gasteiger partial charge in [0.25, 0.3) is 0 Å². The summed E-state index contributed by atoms with van der Waals surface area (Å²) in [5, 5.41) is 14.5. The molecule has 0 aromatic heterocycles. The van der Waals surface area contributed by atoms with E-state index >= 15 is 0 Å². The van der Waals surface area contributed by atoms with Gasteiger partial charge >= 0.3 is 0 Å². The summed E-state index contributed by atoms with van der Waals surface area (Å²) in [6, 6.07) is 12.4. The Labute approximate surface area is 218 Å². The lowest BCUT2D eigenvalue weighted by atomic mass is 9.98. The molecular formula is C29H37N2O6+. The molecule has 198 valence electrons. The first-order valence-electron chi connectivity index (χ1n) is 13.4. The van der Waals surface area contributed by atoms with Crippen LogP contribution in [0.15, 0.2) is 42.5 Å². The quantitative estimate of drug-likeness (QED) is 0.272. The van der Waals surface area contributed by atoms with Crippen molar-refractivity contribution in [1.82, 2.24) is 5.32 Å². The number of hydrogen-bond acceptors (Lipinski definition) is 6. The van der Waals surface area contributed by atoms with Gasteiger partial charge in [0.15, 0.2) is 23.3 Å². The normalized spacial score (nSPS) is 20.6. The summed E-state index contributed by atoms with van der Waals surface area (Å²) in [4.78, 5) is 25.6. The van der Waals surface area contributed by atoms with Crippen LogP contribution in [0.2, 0.25) is 0 Å². The van der Waals surface area contributed by atoms with E-state index in [1.807, 2.05) is 19.9 Å². The molecule has 0 radical (unpaired) electrons. The average molecular weight is 510 g/mol. The highest BCUT2D eigenvalue weighted by atomic mass is 16.7. The second kappa shape index (κ2) is 10.7. The van der Waals surface area contributed by atoms with Gasteiger partial charge in [0, 0.05) is 31.2 Å². The maximum Gasteiger partial charge on any atom is 0.231 e. The number of nitrogens with one attached hydrogen (secondary N) is 1. The number of aliphatic hydroxyl groups excluding tert-OH is 1. The zero-order valence-electron chi connectivity index (χ0n) is 21.7. The summed E-state index contributed by atoms with van der Waals surface area (Å²) in [7, 11) is 0. The van der Waals surface area contributed by atoms with Crippen LogP contribution in [-0.4, -0.2) is 65.9 Å². The molecule has 2 aromatic rings. The van der Waals surface area contributed by atoms with Gasteiger partial charge in [0.2, 0.25) is 12.7 Å². The van der Waals surface area contributed by atoms with Crippen molar-refractivity contribution in [2.24, 2.45) is 0 Å². The van der Waals surface area contributed by atoms with Crippen LogP contribution in [0.1, 0.15) is 68.0 Å². The lowest BCUT2D eigenvalue weighted by Crippen LogP contribution is -2.47. The van der Waals surface area contributed by atoms with E-state index in [0.29, 0.717) is 29.0 Å². The van der Waals surface area contributed by atoms with Crippen LogP contribution in [0.3, 0.4) is 0 Å². The van der Waals surface area contributed by atoms with Gasteiger partial charge in [-0.15, -0.1) is 0 Å². The number of rotatable bonds is 11. The fourth-order valence-electron chi connectivity index (χ4n) is 5.75. The first-order chi connectivity index (χ1) is 17.8. The van der Waals surface area contributed by atoms with Crippen molar-refractivity contribution in [2.45, 2.75) is 70.2 Å². The fourth-order valence-corrected chi connectivity index (χ4v) is 5.75. The molecule has 37 heavy (non-hydrogen) atoms. The highest BCUT2D eigenvalue weighted by Crippen LogP contribution is 2.43. The maximum absolute atomic E-state index is 13.0. The minimum Gasteiger partial charge on any atom is -0.491 e. The number of benzene rings is 2. The molecule has 5 rings (SSSR count). The Kier molecular flexibility index (Phi) is 7.40. The van der Waals surface area contributed by atoms with Crippen LogP contribution in [0.5, 0.6) is 17.2 Å². The summed E-state index contributed by atoms with van der Waals surface area (Å²) in [5.74, 6) is 1.88. The maximum atomic E-state index is 13.0. The molecule has 2 saturated heterocycles. The first kappa shape index (κ1) is 25.5. The zero-order valence-corrected chi connectivity index (χ0v) is 21.7. The summed E-state index contributed by atoms with van der Waals surface area (Å²) in [6.45, 7) is 7.26. The van der Waals surface area contributed by atoms with E-state index in [-0.39, 0.29) is 43.5 Å². The molecule has 3 atom stereocenters. The Morgan fingerprint density at radius 3 is 2.51 bits per heavy atom. The van der Waals surface area contributed by atoms with Gasteiger partial charge in [0.1, 0.15) is 24.4 Å². The van der Waals surface area contributed by atoms with Crippen molar-refractivity contribution in [3.63, 3.8) is 0 Å². The summed E-state index contributed by atoms with van der Waals surface area (Å²) in [6.07, 6.45) is 2.56. The standard InChI is InChI=1S/C29H36N2O6/c1-19(2)37-22-11-8-20(9-12-22)24(32)6-5-7-27(33)30-28(23-17-31(23)14-3-4-15-31)29(34)21-10-13-25-26(16-21)36-18-35-25/h8-13,16,19,23,28-29,34H,3-7,14-15,17-18H2,1-2H3/p+1/t23?,28-,29-/m1/s1. The molecule has 2 N–H and O–H groups in total. The third-order valence-corrected chi connectivity index (χ3v) is 7.75. The van der Waals surface area contributed by atoms with Gasteiger partial charge in [-0.2, -0.15) is 0 Å². The molecule has 1 spiro atoms. The van der Waals surface area contributed by atoms with Crippen LogP contribution in [0.4, 0.5) is 0 Å². The van der Waals surface area contributed by atoms with E-state index in [9.17, 15) is 14.7 Å². The van der Waals surface area contributed by atoms with Crippen molar-refractivity contribution >= 4 is 11.7 Å². The second-order valence-corrected chi connectivity index (χ2v) is 10.7. The van der Waals surface area contributed by atoms with Crippen molar-refractivity contribution in [1.29, 1.82) is 0 Å². The van der Waals surface area contributed by atoms with Crippen LogP contribution < -0.4 is 19.5 Å². The van der Waals surface area contributed by atoms with Gasteiger partial charge in [0.05, 0.1) is 19.2 Å². The van der Waals surface area contributed by atoms with Crippen LogP contribution in [0, 0.1) is 0 Å². The Morgan fingerprint density at radius 1 is 1.05 bits per heavy atom. The summed E-state index contributed by atoms with van der Waals surface area (Å²) < 4.78 is 17.5. The van der Waals surface area contributed by atoms with E-state index in [0.717, 1.165) is 29.9 Å². The van der Waals surface area contributed by atoms with E-state index in [2.05, 4.69) is 5.32 Å². The molecule has 1 unspecified atom stereocenters. The van der Waals surface area contributed by atoms with Gasteiger partial charge in [-0.3, -0.25) is 9.59 Å². The molecule has 2 fully saturated rings. The minimum absolute atomic E-state index is 0.00427. The third-order valence-electron chi connectivity index (χ3n) is 7.75. The predicted octanol–water partition coefficient (Wildman–Crippen LogP) is 3.77.